The summed E-state index contributed by atoms with van der Waals surface area (Å²) < 4.78 is 4.79. The highest BCUT2D eigenvalue weighted by atomic mass is 16.5. The molecule has 0 amide bonds. The molecule has 0 heterocycles. The first kappa shape index (κ1) is 10.8. The third-order valence-electron chi connectivity index (χ3n) is 2.26. The van der Waals surface area contributed by atoms with Crippen LogP contribution in [0.1, 0.15) is 20.3 Å². The highest BCUT2D eigenvalue weighted by Crippen LogP contribution is 2.26. The van der Waals surface area contributed by atoms with Gasteiger partial charge in [-0.3, -0.25) is 9.59 Å². The number of aliphatic hydroxyl groups excluding tert-OH is 1. The van der Waals surface area contributed by atoms with Gasteiger partial charge < -0.3 is 9.84 Å². The first-order valence-electron chi connectivity index (χ1n) is 4.66. The number of carbonyl (C=O) groups is 2. The van der Waals surface area contributed by atoms with E-state index in [-0.39, 0.29) is 24.1 Å². The molecule has 0 aromatic heterocycles. The molecule has 0 aliphatic heterocycles. The third-order valence-corrected chi connectivity index (χ3v) is 2.26. The van der Waals surface area contributed by atoms with E-state index in [2.05, 4.69) is 0 Å². The van der Waals surface area contributed by atoms with E-state index in [0.717, 1.165) is 6.08 Å². The Morgan fingerprint density at radius 3 is 2.86 bits per heavy atom. The summed E-state index contributed by atoms with van der Waals surface area (Å²) in [5.41, 5.74) is 0. The number of rotatable bonds is 2. The van der Waals surface area contributed by atoms with Crippen LogP contribution in [0, 0.1) is 11.8 Å². The van der Waals surface area contributed by atoms with Crippen molar-refractivity contribution in [1.29, 1.82) is 0 Å². The summed E-state index contributed by atoms with van der Waals surface area (Å²) >= 11 is 0. The molecule has 14 heavy (non-hydrogen) atoms. The van der Waals surface area contributed by atoms with Crippen molar-refractivity contribution in [2.45, 2.75) is 20.3 Å². The number of hydrogen-bond donors (Lipinski definition) is 1. The van der Waals surface area contributed by atoms with Gasteiger partial charge in [0.05, 0.1) is 12.4 Å². The van der Waals surface area contributed by atoms with Crippen LogP contribution in [0.25, 0.3) is 0 Å². The molecule has 78 valence electrons. The molecule has 0 saturated heterocycles. The summed E-state index contributed by atoms with van der Waals surface area (Å²) in [5.74, 6) is -1.74. The number of allylic oxidation sites excluding steroid dienone is 2. The Kier molecular flexibility index (Phi) is 3.28. The van der Waals surface area contributed by atoms with Crippen molar-refractivity contribution in [2.75, 3.05) is 6.61 Å². The van der Waals surface area contributed by atoms with Gasteiger partial charge in [0.2, 0.25) is 0 Å². The summed E-state index contributed by atoms with van der Waals surface area (Å²) in [6, 6.07) is 0. The maximum atomic E-state index is 11.4. The maximum absolute atomic E-state index is 11.4. The molecule has 1 rings (SSSR count). The molecule has 0 aromatic carbocycles. The van der Waals surface area contributed by atoms with Crippen molar-refractivity contribution in [3.63, 3.8) is 0 Å². The van der Waals surface area contributed by atoms with Crippen LogP contribution in [0.15, 0.2) is 11.8 Å². The first-order chi connectivity index (χ1) is 6.56. The molecule has 1 aliphatic rings. The normalized spacial score (nSPS) is 27.0. The summed E-state index contributed by atoms with van der Waals surface area (Å²) in [7, 11) is 0. The molecular formula is C10H14O4. The fraction of sp³-hybridized carbons (Fsp3) is 0.600. The minimum atomic E-state index is -0.745. The van der Waals surface area contributed by atoms with Gasteiger partial charge in [-0.2, -0.15) is 0 Å². The minimum Gasteiger partial charge on any atom is -0.512 e. The number of carbonyl (C=O) groups excluding carboxylic acids is 2. The second kappa shape index (κ2) is 4.26. The van der Waals surface area contributed by atoms with Crippen molar-refractivity contribution in [3.8, 4) is 0 Å². The van der Waals surface area contributed by atoms with E-state index >= 15 is 0 Å². The topological polar surface area (TPSA) is 63.6 Å². The Labute approximate surface area is 82.6 Å². The number of esters is 1. The van der Waals surface area contributed by atoms with Crippen LogP contribution >= 0.6 is 0 Å². The molecule has 0 bridgehead atoms. The smallest absolute Gasteiger partial charge is 0.317 e. The van der Waals surface area contributed by atoms with Crippen LogP contribution in [0.3, 0.4) is 0 Å². The van der Waals surface area contributed by atoms with Gasteiger partial charge in [-0.1, -0.05) is 6.92 Å². The van der Waals surface area contributed by atoms with Crippen molar-refractivity contribution in [3.05, 3.63) is 11.8 Å². The SMILES string of the molecule is CCOC(=O)C1C(=O)C=C(O)CC1C. The van der Waals surface area contributed by atoms with Gasteiger partial charge in [0.15, 0.2) is 5.78 Å². The Balaban J connectivity index is 2.78. The molecule has 0 spiro atoms. The summed E-state index contributed by atoms with van der Waals surface area (Å²) in [6.07, 6.45) is 1.47. The van der Waals surface area contributed by atoms with Gasteiger partial charge in [0, 0.05) is 12.5 Å². The van der Waals surface area contributed by atoms with Crippen molar-refractivity contribution in [2.24, 2.45) is 11.8 Å². The van der Waals surface area contributed by atoms with Crippen LogP contribution in [-0.4, -0.2) is 23.5 Å². The summed E-state index contributed by atoms with van der Waals surface area (Å²) in [6.45, 7) is 3.72. The van der Waals surface area contributed by atoms with Gasteiger partial charge >= 0.3 is 5.97 Å². The number of aliphatic hydroxyl groups is 1. The Morgan fingerprint density at radius 2 is 2.36 bits per heavy atom. The summed E-state index contributed by atoms with van der Waals surface area (Å²) in [4.78, 5) is 22.8. The molecular weight excluding hydrogens is 184 g/mol. The number of hydrogen-bond acceptors (Lipinski definition) is 4. The molecule has 0 saturated carbocycles. The van der Waals surface area contributed by atoms with E-state index in [4.69, 9.17) is 9.84 Å². The van der Waals surface area contributed by atoms with E-state index < -0.39 is 11.9 Å². The quantitative estimate of drug-likeness (QED) is 0.535. The molecule has 0 radical (unpaired) electrons. The average Bonchev–Trinajstić information content (AvgIpc) is 2.01. The van der Waals surface area contributed by atoms with E-state index in [9.17, 15) is 9.59 Å². The highest BCUT2D eigenvalue weighted by Gasteiger charge is 2.35. The van der Waals surface area contributed by atoms with Crippen molar-refractivity contribution in [1.82, 2.24) is 0 Å². The Hall–Kier alpha value is -1.32. The second-order valence-corrected chi connectivity index (χ2v) is 3.45. The first-order valence-corrected chi connectivity index (χ1v) is 4.66. The Bertz CT molecular complexity index is 280. The van der Waals surface area contributed by atoms with Gasteiger partial charge in [-0.15, -0.1) is 0 Å². The Morgan fingerprint density at radius 1 is 1.71 bits per heavy atom. The second-order valence-electron chi connectivity index (χ2n) is 3.45. The maximum Gasteiger partial charge on any atom is 0.317 e. The largest absolute Gasteiger partial charge is 0.512 e. The van der Waals surface area contributed by atoms with E-state index in [1.54, 1.807) is 13.8 Å². The van der Waals surface area contributed by atoms with Gasteiger partial charge in [0.1, 0.15) is 5.92 Å². The van der Waals surface area contributed by atoms with E-state index in [0.29, 0.717) is 6.42 Å². The molecule has 0 fully saturated rings. The molecule has 1 N–H and O–H groups in total. The van der Waals surface area contributed by atoms with Crippen LogP contribution in [0.2, 0.25) is 0 Å². The monoisotopic (exact) mass is 198 g/mol. The number of ether oxygens (including phenoxy) is 1. The van der Waals surface area contributed by atoms with Crippen LogP contribution < -0.4 is 0 Å². The van der Waals surface area contributed by atoms with Crippen LogP contribution in [0.4, 0.5) is 0 Å². The van der Waals surface area contributed by atoms with Crippen molar-refractivity contribution >= 4 is 11.8 Å². The van der Waals surface area contributed by atoms with E-state index in [1.807, 2.05) is 0 Å². The number of ketones is 1. The molecule has 1 aliphatic carbocycles. The third kappa shape index (κ3) is 2.13. The predicted octanol–water partition coefficient (Wildman–Crippen LogP) is 1.22. The fourth-order valence-corrected chi connectivity index (χ4v) is 1.62. The molecule has 0 aromatic rings. The van der Waals surface area contributed by atoms with Gasteiger partial charge in [-0.25, -0.2) is 0 Å². The molecule has 4 heteroatoms. The zero-order chi connectivity index (χ0) is 10.7. The zero-order valence-corrected chi connectivity index (χ0v) is 8.32. The average molecular weight is 198 g/mol. The lowest BCUT2D eigenvalue weighted by atomic mass is 9.82. The lowest BCUT2D eigenvalue weighted by Crippen LogP contribution is -2.33. The minimum absolute atomic E-state index is 0.0445. The van der Waals surface area contributed by atoms with E-state index in [1.165, 1.54) is 0 Å². The lowest BCUT2D eigenvalue weighted by Gasteiger charge is -2.23. The van der Waals surface area contributed by atoms with Crippen molar-refractivity contribution < 1.29 is 19.4 Å². The fourth-order valence-electron chi connectivity index (χ4n) is 1.62. The summed E-state index contributed by atoms with van der Waals surface area (Å²) in [5, 5.41) is 9.17. The predicted molar refractivity (Wildman–Crippen MR) is 49.6 cm³/mol. The van der Waals surface area contributed by atoms with Gasteiger partial charge in [0.25, 0.3) is 0 Å². The van der Waals surface area contributed by atoms with Gasteiger partial charge in [-0.05, 0) is 12.8 Å². The van der Waals surface area contributed by atoms with Crippen LogP contribution in [-0.2, 0) is 14.3 Å². The standard InChI is InChI=1S/C10H14O4/c1-3-14-10(13)9-6(2)4-7(11)5-8(9)12/h5-6,9,11H,3-4H2,1-2H3. The van der Waals surface area contributed by atoms with Crippen LogP contribution in [0.5, 0.6) is 0 Å². The molecule has 2 atom stereocenters. The highest BCUT2D eigenvalue weighted by molar-refractivity contribution is 6.06. The lowest BCUT2D eigenvalue weighted by molar-refractivity contribution is -0.153. The zero-order valence-electron chi connectivity index (χ0n) is 8.32. The molecule has 4 nitrogen and oxygen atoms in total. The molecule has 2 unspecified atom stereocenters.